The third-order valence-corrected chi connectivity index (χ3v) is 3.53. The first kappa shape index (κ1) is 12.2. The lowest BCUT2D eigenvalue weighted by atomic mass is 10.2. The summed E-state index contributed by atoms with van der Waals surface area (Å²) in [7, 11) is 1.43. The maximum Gasteiger partial charge on any atom is 0.313 e. The fourth-order valence-corrected chi connectivity index (χ4v) is 2.61. The van der Waals surface area contributed by atoms with Gasteiger partial charge in [-0.05, 0) is 28.8 Å². The third-order valence-electron chi connectivity index (χ3n) is 2.89. The minimum absolute atomic E-state index is 0.0117. The van der Waals surface area contributed by atoms with Gasteiger partial charge < -0.3 is 9.64 Å². The Balaban J connectivity index is 2.45. The molecule has 0 aromatic heterocycles. The molecule has 0 unspecified atom stereocenters. The number of anilines is 1. The number of nitro groups is 1. The summed E-state index contributed by atoms with van der Waals surface area (Å²) < 4.78 is 5.85. The van der Waals surface area contributed by atoms with Crippen LogP contribution in [0.3, 0.4) is 0 Å². The van der Waals surface area contributed by atoms with Gasteiger partial charge in [0.2, 0.25) is 0 Å². The van der Waals surface area contributed by atoms with Gasteiger partial charge in [0.05, 0.1) is 17.7 Å². The minimum Gasteiger partial charge on any atom is -0.490 e. The molecule has 1 aromatic rings. The third kappa shape index (κ3) is 2.36. The highest BCUT2D eigenvalue weighted by molar-refractivity contribution is 9.10. The first-order valence-corrected chi connectivity index (χ1v) is 6.19. The van der Waals surface area contributed by atoms with Crippen LogP contribution in [0.5, 0.6) is 5.75 Å². The Morgan fingerprint density at radius 1 is 1.41 bits per heavy atom. The summed E-state index contributed by atoms with van der Waals surface area (Å²) in [6, 6.07) is 3.24. The van der Waals surface area contributed by atoms with Crippen LogP contribution < -0.4 is 9.64 Å². The molecule has 0 atom stereocenters. The highest BCUT2D eigenvalue weighted by Crippen LogP contribution is 2.38. The molecular weight excluding hydrogens is 288 g/mol. The Labute approximate surface area is 108 Å². The maximum absolute atomic E-state index is 11.0. The van der Waals surface area contributed by atoms with Crippen molar-refractivity contribution in [1.29, 1.82) is 0 Å². The minimum atomic E-state index is -0.412. The molecule has 1 aliphatic heterocycles. The average molecular weight is 301 g/mol. The molecule has 0 aliphatic carbocycles. The average Bonchev–Trinajstić information content (AvgIpc) is 2.81. The van der Waals surface area contributed by atoms with Crippen LogP contribution in [0.15, 0.2) is 16.6 Å². The molecule has 17 heavy (non-hydrogen) atoms. The zero-order valence-corrected chi connectivity index (χ0v) is 11.1. The second-order valence-electron chi connectivity index (χ2n) is 3.93. The van der Waals surface area contributed by atoms with Crippen molar-refractivity contribution in [3.8, 4) is 5.75 Å². The standard InChI is InChI=1S/C11H13BrN2O3/c1-17-11-6-8(12)9(7-10(11)14(15)16)13-4-2-3-5-13/h6-7H,2-5H2,1H3. The zero-order valence-electron chi connectivity index (χ0n) is 9.48. The molecule has 1 aromatic carbocycles. The van der Waals surface area contributed by atoms with E-state index in [1.165, 1.54) is 7.11 Å². The molecule has 1 fully saturated rings. The molecule has 92 valence electrons. The van der Waals surface area contributed by atoms with Crippen molar-refractivity contribution < 1.29 is 9.66 Å². The van der Waals surface area contributed by atoms with Crippen molar-refractivity contribution in [1.82, 2.24) is 0 Å². The summed E-state index contributed by atoms with van der Waals surface area (Å²) in [5.74, 6) is 0.282. The highest BCUT2D eigenvalue weighted by atomic mass is 79.9. The fourth-order valence-electron chi connectivity index (χ4n) is 2.04. The molecule has 0 radical (unpaired) electrons. The van der Waals surface area contributed by atoms with E-state index in [1.807, 2.05) is 0 Å². The monoisotopic (exact) mass is 300 g/mol. The molecule has 6 heteroatoms. The number of hydrogen-bond donors (Lipinski definition) is 0. The van der Waals surface area contributed by atoms with Crippen LogP contribution in [0.2, 0.25) is 0 Å². The van der Waals surface area contributed by atoms with Crippen molar-refractivity contribution >= 4 is 27.3 Å². The number of nitro benzene ring substituents is 1. The quantitative estimate of drug-likeness (QED) is 0.636. The molecule has 0 amide bonds. The second-order valence-corrected chi connectivity index (χ2v) is 4.78. The topological polar surface area (TPSA) is 55.6 Å². The van der Waals surface area contributed by atoms with Crippen LogP contribution in [0.25, 0.3) is 0 Å². The smallest absolute Gasteiger partial charge is 0.313 e. The number of methoxy groups -OCH3 is 1. The van der Waals surface area contributed by atoms with Gasteiger partial charge in [0, 0.05) is 29.7 Å². The number of halogens is 1. The van der Waals surface area contributed by atoms with Crippen LogP contribution in [-0.4, -0.2) is 25.1 Å². The molecule has 0 saturated carbocycles. The first-order valence-electron chi connectivity index (χ1n) is 5.40. The second kappa shape index (κ2) is 4.91. The van der Waals surface area contributed by atoms with E-state index in [9.17, 15) is 10.1 Å². The van der Waals surface area contributed by atoms with Crippen LogP contribution in [0, 0.1) is 10.1 Å². The van der Waals surface area contributed by atoms with E-state index in [4.69, 9.17) is 4.74 Å². The van der Waals surface area contributed by atoms with Crippen molar-refractivity contribution in [2.24, 2.45) is 0 Å². The van der Waals surface area contributed by atoms with Crippen LogP contribution >= 0.6 is 15.9 Å². The van der Waals surface area contributed by atoms with Gasteiger partial charge in [-0.2, -0.15) is 0 Å². The number of nitrogens with zero attached hydrogens (tertiary/aromatic N) is 2. The van der Waals surface area contributed by atoms with Gasteiger partial charge >= 0.3 is 5.69 Å². The van der Waals surface area contributed by atoms with E-state index in [2.05, 4.69) is 20.8 Å². The summed E-state index contributed by atoms with van der Waals surface area (Å²) in [4.78, 5) is 12.7. The summed E-state index contributed by atoms with van der Waals surface area (Å²) in [5, 5.41) is 11.0. The molecule has 0 bridgehead atoms. The van der Waals surface area contributed by atoms with Gasteiger partial charge in [0.15, 0.2) is 5.75 Å². The number of rotatable bonds is 3. The van der Waals surface area contributed by atoms with Crippen LogP contribution in [0.4, 0.5) is 11.4 Å². The van der Waals surface area contributed by atoms with E-state index in [-0.39, 0.29) is 11.4 Å². The molecule has 1 heterocycles. The number of ether oxygens (including phenoxy) is 1. The maximum atomic E-state index is 11.0. The first-order chi connectivity index (χ1) is 8.13. The van der Waals surface area contributed by atoms with Crippen molar-refractivity contribution in [3.63, 3.8) is 0 Å². The van der Waals surface area contributed by atoms with E-state index < -0.39 is 4.92 Å². The molecule has 0 spiro atoms. The van der Waals surface area contributed by atoms with Gasteiger partial charge in [-0.15, -0.1) is 0 Å². The SMILES string of the molecule is COc1cc(Br)c(N2CCCC2)cc1[N+](=O)[O-]. The van der Waals surface area contributed by atoms with Gasteiger partial charge in [0.25, 0.3) is 0 Å². The van der Waals surface area contributed by atoms with E-state index >= 15 is 0 Å². The lowest BCUT2D eigenvalue weighted by Gasteiger charge is -2.19. The van der Waals surface area contributed by atoms with Gasteiger partial charge in [-0.3, -0.25) is 10.1 Å². The Bertz CT molecular complexity index is 445. The van der Waals surface area contributed by atoms with E-state index in [0.717, 1.165) is 36.1 Å². The van der Waals surface area contributed by atoms with E-state index in [0.29, 0.717) is 0 Å². The predicted octanol–water partition coefficient (Wildman–Crippen LogP) is 2.97. The summed E-state index contributed by atoms with van der Waals surface area (Å²) >= 11 is 3.44. The lowest BCUT2D eigenvalue weighted by molar-refractivity contribution is -0.385. The van der Waals surface area contributed by atoms with E-state index in [1.54, 1.807) is 12.1 Å². The Morgan fingerprint density at radius 2 is 2.06 bits per heavy atom. The summed E-state index contributed by atoms with van der Waals surface area (Å²) in [5.41, 5.74) is 0.882. The zero-order chi connectivity index (χ0) is 12.4. The number of hydrogen-bond acceptors (Lipinski definition) is 4. The van der Waals surface area contributed by atoms with Crippen molar-refractivity contribution in [3.05, 3.63) is 26.7 Å². The van der Waals surface area contributed by atoms with Crippen LogP contribution in [0.1, 0.15) is 12.8 Å². The Morgan fingerprint density at radius 3 is 2.59 bits per heavy atom. The lowest BCUT2D eigenvalue weighted by Crippen LogP contribution is -2.18. The molecular formula is C11H13BrN2O3. The summed E-state index contributed by atoms with van der Waals surface area (Å²) in [6.07, 6.45) is 2.26. The normalized spacial score (nSPS) is 15.1. The Kier molecular flexibility index (Phi) is 3.51. The summed E-state index contributed by atoms with van der Waals surface area (Å²) in [6.45, 7) is 1.89. The van der Waals surface area contributed by atoms with Crippen molar-refractivity contribution in [2.45, 2.75) is 12.8 Å². The predicted molar refractivity (Wildman–Crippen MR) is 68.8 cm³/mol. The largest absolute Gasteiger partial charge is 0.490 e. The molecule has 1 aliphatic rings. The van der Waals surface area contributed by atoms with Crippen LogP contribution in [-0.2, 0) is 0 Å². The van der Waals surface area contributed by atoms with Crippen molar-refractivity contribution in [2.75, 3.05) is 25.1 Å². The van der Waals surface area contributed by atoms with Gasteiger partial charge in [0.1, 0.15) is 0 Å². The molecule has 1 saturated heterocycles. The molecule has 5 nitrogen and oxygen atoms in total. The molecule has 0 N–H and O–H groups in total. The Hall–Kier alpha value is -1.30. The highest BCUT2D eigenvalue weighted by Gasteiger charge is 2.22. The van der Waals surface area contributed by atoms with Gasteiger partial charge in [-0.25, -0.2) is 0 Å². The molecule has 2 rings (SSSR count). The fraction of sp³-hybridized carbons (Fsp3) is 0.455. The number of benzene rings is 1. The van der Waals surface area contributed by atoms with Gasteiger partial charge in [-0.1, -0.05) is 0 Å².